The van der Waals surface area contributed by atoms with E-state index in [0.717, 1.165) is 4.90 Å². The summed E-state index contributed by atoms with van der Waals surface area (Å²) in [5.41, 5.74) is 0.585. The average Bonchev–Trinajstić information content (AvgIpc) is 2.44. The average molecular weight is 288 g/mol. The zero-order chi connectivity index (χ0) is 15.4. The summed E-state index contributed by atoms with van der Waals surface area (Å²) in [5.74, 6) is -3.24. The SMILES string of the molecule is O=C(O)CN(CC(=O)O)C(=O)c1cccc2cccnc12. The van der Waals surface area contributed by atoms with Crippen LogP contribution in [0.1, 0.15) is 10.4 Å². The molecule has 0 fully saturated rings. The monoisotopic (exact) mass is 288 g/mol. The van der Waals surface area contributed by atoms with E-state index in [9.17, 15) is 14.4 Å². The van der Waals surface area contributed by atoms with E-state index in [1.807, 2.05) is 0 Å². The highest BCUT2D eigenvalue weighted by molar-refractivity contribution is 6.06. The number of hydrogen-bond acceptors (Lipinski definition) is 4. The van der Waals surface area contributed by atoms with Gasteiger partial charge in [-0.1, -0.05) is 18.2 Å². The van der Waals surface area contributed by atoms with E-state index in [2.05, 4.69) is 4.98 Å². The zero-order valence-electron chi connectivity index (χ0n) is 10.9. The smallest absolute Gasteiger partial charge is 0.323 e. The van der Waals surface area contributed by atoms with Gasteiger partial charge in [-0.05, 0) is 12.1 Å². The van der Waals surface area contributed by atoms with Crippen molar-refractivity contribution in [2.75, 3.05) is 13.1 Å². The van der Waals surface area contributed by atoms with Gasteiger partial charge < -0.3 is 15.1 Å². The van der Waals surface area contributed by atoms with Gasteiger partial charge in [0.15, 0.2) is 0 Å². The van der Waals surface area contributed by atoms with Gasteiger partial charge >= 0.3 is 11.9 Å². The summed E-state index contributed by atoms with van der Waals surface area (Å²) < 4.78 is 0. The molecule has 0 spiro atoms. The second-order valence-electron chi connectivity index (χ2n) is 4.33. The van der Waals surface area contributed by atoms with E-state index in [1.54, 1.807) is 24.3 Å². The minimum absolute atomic E-state index is 0.176. The third-order valence-corrected chi connectivity index (χ3v) is 2.80. The lowest BCUT2D eigenvalue weighted by Gasteiger charge is -2.19. The van der Waals surface area contributed by atoms with E-state index >= 15 is 0 Å². The number of benzene rings is 1. The Morgan fingerprint density at radius 2 is 1.62 bits per heavy atom. The molecule has 0 atom stereocenters. The zero-order valence-corrected chi connectivity index (χ0v) is 10.9. The van der Waals surface area contributed by atoms with Crippen LogP contribution < -0.4 is 0 Å². The molecule has 0 saturated carbocycles. The Morgan fingerprint density at radius 1 is 1.00 bits per heavy atom. The van der Waals surface area contributed by atoms with Gasteiger partial charge in [0, 0.05) is 11.6 Å². The molecule has 0 radical (unpaired) electrons. The minimum atomic E-state index is -1.28. The van der Waals surface area contributed by atoms with Gasteiger partial charge in [-0.3, -0.25) is 19.4 Å². The highest BCUT2D eigenvalue weighted by Crippen LogP contribution is 2.17. The molecule has 108 valence electrons. The maximum atomic E-state index is 12.4. The summed E-state index contributed by atoms with van der Waals surface area (Å²) in [6.45, 7) is -1.37. The Bertz CT molecular complexity index is 692. The van der Waals surface area contributed by atoms with Crippen LogP contribution in [0.2, 0.25) is 0 Å². The Morgan fingerprint density at radius 3 is 2.24 bits per heavy atom. The summed E-state index contributed by atoms with van der Waals surface area (Å²) in [7, 11) is 0. The lowest BCUT2D eigenvalue weighted by molar-refractivity contribution is -0.140. The summed E-state index contributed by atoms with van der Waals surface area (Å²) in [4.78, 5) is 38.8. The third-order valence-electron chi connectivity index (χ3n) is 2.80. The van der Waals surface area contributed by atoms with Crippen molar-refractivity contribution in [3.63, 3.8) is 0 Å². The van der Waals surface area contributed by atoms with E-state index in [1.165, 1.54) is 12.3 Å². The molecule has 0 aliphatic heterocycles. The number of carbonyl (C=O) groups is 3. The van der Waals surface area contributed by atoms with E-state index in [-0.39, 0.29) is 5.56 Å². The van der Waals surface area contributed by atoms with Crippen molar-refractivity contribution >= 4 is 28.7 Å². The van der Waals surface area contributed by atoms with Crippen LogP contribution in [0.15, 0.2) is 36.5 Å². The van der Waals surface area contributed by atoms with Gasteiger partial charge in [0.25, 0.3) is 5.91 Å². The summed E-state index contributed by atoms with van der Waals surface area (Å²) in [5, 5.41) is 18.3. The minimum Gasteiger partial charge on any atom is -0.480 e. The predicted octanol–water partition coefficient (Wildman–Crippen LogP) is 0.846. The van der Waals surface area contributed by atoms with Gasteiger partial charge in [0.2, 0.25) is 0 Å². The molecule has 7 nitrogen and oxygen atoms in total. The normalized spacial score (nSPS) is 10.3. The molecule has 1 aromatic carbocycles. The van der Waals surface area contributed by atoms with E-state index in [0.29, 0.717) is 10.9 Å². The van der Waals surface area contributed by atoms with Crippen LogP contribution in [0.4, 0.5) is 0 Å². The third kappa shape index (κ3) is 3.33. The molecule has 1 aromatic heterocycles. The first-order valence-corrected chi connectivity index (χ1v) is 6.05. The molecule has 7 heteroatoms. The van der Waals surface area contributed by atoms with Crippen LogP contribution >= 0.6 is 0 Å². The Kier molecular flexibility index (Phi) is 4.13. The number of fused-ring (bicyclic) bond motifs is 1. The van der Waals surface area contributed by atoms with Crippen molar-refractivity contribution in [3.8, 4) is 0 Å². The number of pyridine rings is 1. The molecule has 2 N–H and O–H groups in total. The van der Waals surface area contributed by atoms with Crippen molar-refractivity contribution in [2.45, 2.75) is 0 Å². The van der Waals surface area contributed by atoms with E-state index < -0.39 is 30.9 Å². The highest BCUT2D eigenvalue weighted by atomic mass is 16.4. The van der Waals surface area contributed by atoms with Gasteiger partial charge in [0.05, 0.1) is 11.1 Å². The summed E-state index contributed by atoms with van der Waals surface area (Å²) in [6.07, 6.45) is 1.51. The topological polar surface area (TPSA) is 108 Å². The first-order valence-electron chi connectivity index (χ1n) is 6.05. The molecular weight excluding hydrogens is 276 g/mol. The number of carboxylic acids is 2. The van der Waals surface area contributed by atoms with Crippen LogP contribution in [-0.2, 0) is 9.59 Å². The number of hydrogen-bond donors (Lipinski definition) is 2. The predicted molar refractivity (Wildman–Crippen MR) is 72.9 cm³/mol. The number of aromatic nitrogens is 1. The second kappa shape index (κ2) is 6.00. The number of aliphatic carboxylic acids is 2. The molecule has 0 saturated heterocycles. The molecule has 21 heavy (non-hydrogen) atoms. The Hall–Kier alpha value is -2.96. The summed E-state index contributed by atoms with van der Waals surface area (Å²) >= 11 is 0. The second-order valence-corrected chi connectivity index (χ2v) is 4.33. The van der Waals surface area contributed by atoms with Crippen LogP contribution in [0.25, 0.3) is 10.9 Å². The molecule has 0 bridgehead atoms. The summed E-state index contributed by atoms with van der Waals surface area (Å²) in [6, 6.07) is 8.36. The molecular formula is C14H12N2O5. The molecule has 0 aliphatic carbocycles. The lowest BCUT2D eigenvalue weighted by Crippen LogP contribution is -2.39. The number of carboxylic acid groups (broad SMARTS) is 2. The fourth-order valence-electron chi connectivity index (χ4n) is 1.97. The number of amides is 1. The van der Waals surface area contributed by atoms with Crippen LogP contribution in [0.5, 0.6) is 0 Å². The fourth-order valence-corrected chi connectivity index (χ4v) is 1.97. The van der Waals surface area contributed by atoms with Crippen molar-refractivity contribution in [1.82, 2.24) is 9.88 Å². The van der Waals surface area contributed by atoms with Gasteiger partial charge in [-0.2, -0.15) is 0 Å². The molecule has 0 unspecified atom stereocenters. The quantitative estimate of drug-likeness (QED) is 0.844. The van der Waals surface area contributed by atoms with Crippen LogP contribution in [0, 0.1) is 0 Å². The molecule has 0 aliphatic rings. The van der Waals surface area contributed by atoms with Gasteiger partial charge in [-0.15, -0.1) is 0 Å². The maximum Gasteiger partial charge on any atom is 0.323 e. The number of carbonyl (C=O) groups excluding carboxylic acids is 1. The molecule has 1 heterocycles. The molecule has 2 aromatic rings. The number of nitrogens with zero attached hydrogens (tertiary/aromatic N) is 2. The maximum absolute atomic E-state index is 12.4. The Labute approximate surface area is 119 Å². The highest BCUT2D eigenvalue weighted by Gasteiger charge is 2.22. The van der Waals surface area contributed by atoms with Crippen molar-refractivity contribution in [1.29, 1.82) is 0 Å². The lowest BCUT2D eigenvalue weighted by atomic mass is 10.1. The van der Waals surface area contributed by atoms with Crippen LogP contribution in [0.3, 0.4) is 0 Å². The van der Waals surface area contributed by atoms with Crippen molar-refractivity contribution in [2.24, 2.45) is 0 Å². The van der Waals surface area contributed by atoms with E-state index in [4.69, 9.17) is 10.2 Å². The van der Waals surface area contributed by atoms with Crippen LogP contribution in [-0.4, -0.2) is 51.0 Å². The Balaban J connectivity index is 2.42. The molecule has 1 amide bonds. The van der Waals surface area contributed by atoms with Crippen molar-refractivity contribution < 1.29 is 24.6 Å². The fraction of sp³-hybridized carbons (Fsp3) is 0.143. The number of para-hydroxylation sites is 1. The number of rotatable bonds is 5. The van der Waals surface area contributed by atoms with Crippen molar-refractivity contribution in [3.05, 3.63) is 42.1 Å². The standard InChI is InChI=1S/C14H12N2O5/c17-11(18)7-16(8-12(19)20)14(21)10-5-1-3-9-4-2-6-15-13(9)10/h1-6H,7-8H2,(H,17,18)(H,19,20). The first kappa shape index (κ1) is 14.4. The van der Waals surface area contributed by atoms with Gasteiger partial charge in [-0.25, -0.2) is 0 Å². The van der Waals surface area contributed by atoms with Gasteiger partial charge in [0.1, 0.15) is 13.1 Å². The first-order chi connectivity index (χ1) is 9.99. The largest absolute Gasteiger partial charge is 0.480 e. The molecule has 2 rings (SSSR count).